The molecule has 0 saturated heterocycles. The average Bonchev–Trinajstić information content (AvgIpc) is 2.69. The summed E-state index contributed by atoms with van der Waals surface area (Å²) in [4.78, 5) is 4.12. The molecule has 1 atom stereocenters. The van der Waals surface area contributed by atoms with Crippen molar-refractivity contribution in [3.8, 4) is 0 Å². The van der Waals surface area contributed by atoms with Gasteiger partial charge in [-0.05, 0) is 24.7 Å². The summed E-state index contributed by atoms with van der Waals surface area (Å²) in [5.41, 5.74) is 0.516. The van der Waals surface area contributed by atoms with Gasteiger partial charge in [0.1, 0.15) is 12.2 Å². The molecule has 2 N–H and O–H groups in total. The summed E-state index contributed by atoms with van der Waals surface area (Å²) in [7, 11) is 0. The third-order valence-corrected chi connectivity index (χ3v) is 3.46. The molecule has 4 heteroatoms. The zero-order valence-corrected chi connectivity index (χ0v) is 10.3. The van der Waals surface area contributed by atoms with Crippen molar-refractivity contribution in [2.24, 2.45) is 5.41 Å². The van der Waals surface area contributed by atoms with Gasteiger partial charge >= 0.3 is 0 Å². The fourth-order valence-corrected chi connectivity index (χ4v) is 2.62. The van der Waals surface area contributed by atoms with E-state index in [2.05, 4.69) is 34.3 Å². The Balaban J connectivity index is 1.70. The predicted octanol–water partition coefficient (Wildman–Crippen LogP) is 1.91. The quantitative estimate of drug-likeness (QED) is 0.818. The molecule has 0 amide bonds. The Morgan fingerprint density at radius 2 is 2.44 bits per heavy atom. The van der Waals surface area contributed by atoms with E-state index in [1.165, 1.54) is 25.7 Å². The molecule has 0 aliphatic heterocycles. The standard InChI is InChI=1S/C12H22N4/c1-12(2)6-3-4-10(8-12)13-7-5-11-14-9-15-16-11/h9-10,13H,3-8H2,1-2H3,(H,14,15,16). The molecule has 16 heavy (non-hydrogen) atoms. The van der Waals surface area contributed by atoms with Crippen molar-refractivity contribution in [1.29, 1.82) is 0 Å². The van der Waals surface area contributed by atoms with Crippen LogP contribution in [0.1, 0.15) is 45.4 Å². The van der Waals surface area contributed by atoms with E-state index < -0.39 is 0 Å². The maximum Gasteiger partial charge on any atom is 0.137 e. The van der Waals surface area contributed by atoms with Crippen LogP contribution >= 0.6 is 0 Å². The summed E-state index contributed by atoms with van der Waals surface area (Å²) >= 11 is 0. The predicted molar refractivity (Wildman–Crippen MR) is 64.1 cm³/mol. The lowest BCUT2D eigenvalue weighted by molar-refractivity contribution is 0.199. The summed E-state index contributed by atoms with van der Waals surface area (Å²) in [6.07, 6.45) is 7.85. The fraction of sp³-hybridized carbons (Fsp3) is 0.833. The highest BCUT2D eigenvalue weighted by Gasteiger charge is 2.27. The Labute approximate surface area is 97.2 Å². The van der Waals surface area contributed by atoms with E-state index >= 15 is 0 Å². The molecule has 0 bridgehead atoms. The van der Waals surface area contributed by atoms with Crippen LogP contribution < -0.4 is 5.32 Å². The SMILES string of the molecule is CC1(C)CCCC(NCCc2ncn[nH]2)C1. The van der Waals surface area contributed by atoms with E-state index in [0.29, 0.717) is 11.5 Å². The summed E-state index contributed by atoms with van der Waals surface area (Å²) in [5.74, 6) is 0.975. The van der Waals surface area contributed by atoms with E-state index in [-0.39, 0.29) is 0 Å². The Kier molecular flexibility index (Phi) is 3.59. The van der Waals surface area contributed by atoms with Crippen LogP contribution in [0.4, 0.5) is 0 Å². The van der Waals surface area contributed by atoms with Crippen molar-refractivity contribution in [2.45, 2.75) is 52.0 Å². The second-order valence-corrected chi connectivity index (χ2v) is 5.59. The Bertz CT molecular complexity index is 305. The maximum atomic E-state index is 4.12. The number of hydrogen-bond acceptors (Lipinski definition) is 3. The van der Waals surface area contributed by atoms with Crippen molar-refractivity contribution in [2.75, 3.05) is 6.54 Å². The number of hydrogen-bond donors (Lipinski definition) is 2. The van der Waals surface area contributed by atoms with Crippen LogP contribution in [0.25, 0.3) is 0 Å². The van der Waals surface area contributed by atoms with Gasteiger partial charge in [0.2, 0.25) is 0 Å². The van der Waals surface area contributed by atoms with Crippen LogP contribution in [0.5, 0.6) is 0 Å². The Morgan fingerprint density at radius 1 is 1.56 bits per heavy atom. The van der Waals surface area contributed by atoms with Gasteiger partial charge in [-0.3, -0.25) is 5.10 Å². The first kappa shape index (κ1) is 11.6. The first-order valence-corrected chi connectivity index (χ1v) is 6.23. The molecule has 1 aliphatic rings. The minimum absolute atomic E-state index is 0.516. The first-order valence-electron chi connectivity index (χ1n) is 6.23. The topological polar surface area (TPSA) is 53.6 Å². The number of aromatic amines is 1. The van der Waals surface area contributed by atoms with Gasteiger partial charge in [-0.1, -0.05) is 20.3 Å². The molecule has 1 saturated carbocycles. The number of aromatic nitrogens is 3. The number of H-pyrrole nitrogens is 1. The third-order valence-electron chi connectivity index (χ3n) is 3.46. The lowest BCUT2D eigenvalue weighted by Crippen LogP contribution is -2.38. The van der Waals surface area contributed by atoms with Crippen molar-refractivity contribution in [3.63, 3.8) is 0 Å². The van der Waals surface area contributed by atoms with Gasteiger partial charge in [0.15, 0.2) is 0 Å². The number of nitrogens with one attached hydrogen (secondary N) is 2. The molecule has 2 rings (SSSR count). The highest BCUT2D eigenvalue weighted by Crippen LogP contribution is 2.34. The smallest absolute Gasteiger partial charge is 0.137 e. The molecule has 0 radical (unpaired) electrons. The lowest BCUT2D eigenvalue weighted by atomic mass is 9.75. The van der Waals surface area contributed by atoms with Crippen LogP contribution in [0.2, 0.25) is 0 Å². The molecule has 1 aromatic rings. The highest BCUT2D eigenvalue weighted by molar-refractivity contribution is 4.85. The monoisotopic (exact) mass is 222 g/mol. The van der Waals surface area contributed by atoms with E-state index in [4.69, 9.17) is 0 Å². The van der Waals surface area contributed by atoms with Gasteiger partial charge in [0.05, 0.1) is 0 Å². The normalized spacial score (nSPS) is 24.5. The molecule has 90 valence electrons. The molecule has 0 aromatic carbocycles. The summed E-state index contributed by atoms with van der Waals surface area (Å²) < 4.78 is 0. The zero-order chi connectivity index (χ0) is 11.4. The molecular weight excluding hydrogens is 200 g/mol. The lowest BCUT2D eigenvalue weighted by Gasteiger charge is -2.35. The Hall–Kier alpha value is -0.900. The van der Waals surface area contributed by atoms with E-state index in [9.17, 15) is 0 Å². The summed E-state index contributed by atoms with van der Waals surface area (Å²) in [6, 6.07) is 0.687. The number of nitrogens with zero attached hydrogens (tertiary/aromatic N) is 2. The molecule has 4 nitrogen and oxygen atoms in total. The van der Waals surface area contributed by atoms with Crippen LogP contribution in [0, 0.1) is 5.41 Å². The second-order valence-electron chi connectivity index (χ2n) is 5.59. The summed E-state index contributed by atoms with van der Waals surface area (Å²) in [5, 5.41) is 10.4. The Morgan fingerprint density at radius 3 is 3.12 bits per heavy atom. The van der Waals surface area contributed by atoms with Crippen LogP contribution in [-0.4, -0.2) is 27.8 Å². The van der Waals surface area contributed by atoms with Gasteiger partial charge in [0.25, 0.3) is 0 Å². The molecule has 1 aliphatic carbocycles. The molecule has 0 spiro atoms. The van der Waals surface area contributed by atoms with Gasteiger partial charge in [-0.15, -0.1) is 0 Å². The molecule has 1 unspecified atom stereocenters. The second kappa shape index (κ2) is 4.95. The van der Waals surface area contributed by atoms with Crippen molar-refractivity contribution in [3.05, 3.63) is 12.2 Å². The van der Waals surface area contributed by atoms with Gasteiger partial charge < -0.3 is 5.32 Å². The van der Waals surface area contributed by atoms with Crippen LogP contribution in [0.3, 0.4) is 0 Å². The summed E-state index contributed by atoms with van der Waals surface area (Å²) in [6.45, 7) is 5.74. The van der Waals surface area contributed by atoms with E-state index in [0.717, 1.165) is 18.8 Å². The fourth-order valence-electron chi connectivity index (χ4n) is 2.62. The minimum Gasteiger partial charge on any atom is -0.314 e. The maximum absolute atomic E-state index is 4.12. The number of rotatable bonds is 4. The largest absolute Gasteiger partial charge is 0.314 e. The van der Waals surface area contributed by atoms with Crippen molar-refractivity contribution < 1.29 is 0 Å². The van der Waals surface area contributed by atoms with Gasteiger partial charge in [-0.25, -0.2) is 4.98 Å². The van der Waals surface area contributed by atoms with Crippen molar-refractivity contribution in [1.82, 2.24) is 20.5 Å². The van der Waals surface area contributed by atoms with Crippen LogP contribution in [-0.2, 0) is 6.42 Å². The van der Waals surface area contributed by atoms with Crippen molar-refractivity contribution >= 4 is 0 Å². The van der Waals surface area contributed by atoms with E-state index in [1.807, 2.05) is 0 Å². The van der Waals surface area contributed by atoms with Gasteiger partial charge in [-0.2, -0.15) is 5.10 Å². The minimum atomic E-state index is 0.516. The highest BCUT2D eigenvalue weighted by atomic mass is 15.2. The van der Waals surface area contributed by atoms with E-state index in [1.54, 1.807) is 6.33 Å². The van der Waals surface area contributed by atoms with Gasteiger partial charge in [0, 0.05) is 19.0 Å². The van der Waals surface area contributed by atoms with Crippen LogP contribution in [0.15, 0.2) is 6.33 Å². The third kappa shape index (κ3) is 3.30. The molecular formula is C12H22N4. The molecule has 1 aromatic heterocycles. The zero-order valence-electron chi connectivity index (χ0n) is 10.3. The first-order chi connectivity index (χ1) is 7.66. The average molecular weight is 222 g/mol. The molecule has 1 heterocycles. The molecule has 1 fully saturated rings.